The predicted molar refractivity (Wildman–Crippen MR) is 73.2 cm³/mol. The summed E-state index contributed by atoms with van der Waals surface area (Å²) in [6, 6.07) is 8.77. The molecule has 1 atom stereocenters. The highest BCUT2D eigenvalue weighted by atomic mass is 14.7. The first-order valence-corrected chi connectivity index (χ1v) is 6.25. The monoisotopic (exact) mass is 228 g/mol. The Bertz CT molecular complexity index is 530. The van der Waals surface area contributed by atoms with E-state index in [9.17, 15) is 0 Å². The summed E-state index contributed by atoms with van der Waals surface area (Å²) in [5.74, 6) is 0. The van der Waals surface area contributed by atoms with Gasteiger partial charge in [0.15, 0.2) is 0 Å². The second-order valence-electron chi connectivity index (χ2n) is 4.77. The number of fused-ring (bicyclic) bond motifs is 1. The number of aromatic nitrogens is 1. The van der Waals surface area contributed by atoms with Gasteiger partial charge in [0.2, 0.25) is 0 Å². The van der Waals surface area contributed by atoms with Crippen molar-refractivity contribution >= 4 is 10.9 Å². The summed E-state index contributed by atoms with van der Waals surface area (Å²) in [5.41, 5.74) is 10.8. The van der Waals surface area contributed by atoms with Crippen LogP contribution >= 0.6 is 0 Å². The SMILES string of the molecule is CCc1cccc2c(CC(C)N)cc(C)nc12. The summed E-state index contributed by atoms with van der Waals surface area (Å²) in [5, 5.41) is 1.26. The molecule has 2 nitrogen and oxygen atoms in total. The maximum absolute atomic E-state index is 5.92. The molecule has 0 fully saturated rings. The fourth-order valence-electron chi connectivity index (χ4n) is 2.32. The third-order valence-electron chi connectivity index (χ3n) is 3.06. The van der Waals surface area contributed by atoms with Gasteiger partial charge in [-0.25, -0.2) is 0 Å². The molecular formula is C15H20N2. The van der Waals surface area contributed by atoms with Gasteiger partial charge in [0.1, 0.15) is 0 Å². The largest absolute Gasteiger partial charge is 0.328 e. The molecule has 0 saturated heterocycles. The first kappa shape index (κ1) is 12.1. The van der Waals surface area contributed by atoms with Gasteiger partial charge in [-0.15, -0.1) is 0 Å². The fourth-order valence-corrected chi connectivity index (χ4v) is 2.32. The summed E-state index contributed by atoms with van der Waals surface area (Å²) in [4.78, 5) is 4.67. The third-order valence-corrected chi connectivity index (χ3v) is 3.06. The lowest BCUT2D eigenvalue weighted by Crippen LogP contribution is -2.18. The molecule has 0 aliphatic heterocycles. The van der Waals surface area contributed by atoms with E-state index in [1.54, 1.807) is 0 Å². The molecule has 2 N–H and O–H groups in total. The van der Waals surface area contributed by atoms with Gasteiger partial charge in [0.05, 0.1) is 5.52 Å². The van der Waals surface area contributed by atoms with Gasteiger partial charge in [-0.05, 0) is 43.9 Å². The Morgan fingerprint density at radius 2 is 2.06 bits per heavy atom. The molecule has 90 valence electrons. The van der Waals surface area contributed by atoms with Crippen molar-refractivity contribution in [3.63, 3.8) is 0 Å². The van der Waals surface area contributed by atoms with Gasteiger partial charge in [-0.2, -0.15) is 0 Å². The summed E-state index contributed by atoms with van der Waals surface area (Å²) < 4.78 is 0. The average molecular weight is 228 g/mol. The van der Waals surface area contributed by atoms with Crippen molar-refractivity contribution in [2.24, 2.45) is 5.73 Å². The molecule has 1 aromatic heterocycles. The van der Waals surface area contributed by atoms with Gasteiger partial charge in [0.25, 0.3) is 0 Å². The van der Waals surface area contributed by atoms with E-state index in [0.29, 0.717) is 0 Å². The molecule has 2 aromatic rings. The number of para-hydroxylation sites is 1. The maximum atomic E-state index is 5.92. The fraction of sp³-hybridized carbons (Fsp3) is 0.400. The topological polar surface area (TPSA) is 38.9 Å². The molecule has 0 aliphatic carbocycles. The molecule has 17 heavy (non-hydrogen) atoms. The average Bonchev–Trinajstić information content (AvgIpc) is 2.27. The van der Waals surface area contributed by atoms with E-state index in [4.69, 9.17) is 5.73 Å². The van der Waals surface area contributed by atoms with E-state index in [0.717, 1.165) is 24.1 Å². The van der Waals surface area contributed by atoms with Crippen molar-refractivity contribution in [2.45, 2.75) is 39.7 Å². The van der Waals surface area contributed by atoms with Gasteiger partial charge in [0, 0.05) is 17.1 Å². The van der Waals surface area contributed by atoms with E-state index in [1.807, 2.05) is 6.92 Å². The van der Waals surface area contributed by atoms with Crippen molar-refractivity contribution in [3.8, 4) is 0 Å². The van der Waals surface area contributed by atoms with E-state index in [-0.39, 0.29) is 6.04 Å². The zero-order valence-electron chi connectivity index (χ0n) is 10.8. The van der Waals surface area contributed by atoms with Crippen molar-refractivity contribution in [1.29, 1.82) is 0 Å². The quantitative estimate of drug-likeness (QED) is 0.877. The van der Waals surface area contributed by atoms with Crippen LogP contribution in [0.25, 0.3) is 10.9 Å². The molecule has 0 spiro atoms. The molecule has 0 aliphatic rings. The first-order chi connectivity index (χ1) is 8.11. The molecule has 1 unspecified atom stereocenters. The molecule has 1 heterocycles. The maximum Gasteiger partial charge on any atom is 0.0739 e. The lowest BCUT2D eigenvalue weighted by atomic mass is 9.99. The van der Waals surface area contributed by atoms with Gasteiger partial charge in [-0.3, -0.25) is 4.98 Å². The Morgan fingerprint density at radius 3 is 2.71 bits per heavy atom. The van der Waals surface area contributed by atoms with Crippen LogP contribution in [-0.4, -0.2) is 11.0 Å². The Morgan fingerprint density at radius 1 is 1.29 bits per heavy atom. The van der Waals surface area contributed by atoms with E-state index in [2.05, 4.69) is 43.1 Å². The highest BCUT2D eigenvalue weighted by Crippen LogP contribution is 2.23. The normalized spacial score (nSPS) is 12.9. The number of aryl methyl sites for hydroxylation is 2. The number of rotatable bonds is 3. The number of nitrogens with zero attached hydrogens (tertiary/aromatic N) is 1. The summed E-state index contributed by atoms with van der Waals surface area (Å²) in [6.45, 7) is 6.27. The smallest absolute Gasteiger partial charge is 0.0739 e. The molecule has 2 rings (SSSR count). The molecule has 0 bridgehead atoms. The van der Waals surface area contributed by atoms with Crippen LogP contribution in [0, 0.1) is 6.92 Å². The number of hydrogen-bond acceptors (Lipinski definition) is 2. The predicted octanol–water partition coefficient (Wildman–Crippen LogP) is 3.00. The Labute approximate surface area is 103 Å². The number of nitrogens with two attached hydrogens (primary N) is 1. The minimum absolute atomic E-state index is 0.185. The van der Waals surface area contributed by atoms with Gasteiger partial charge >= 0.3 is 0 Å². The van der Waals surface area contributed by atoms with E-state index >= 15 is 0 Å². The molecule has 1 aromatic carbocycles. The van der Waals surface area contributed by atoms with Crippen LogP contribution in [0.5, 0.6) is 0 Å². The van der Waals surface area contributed by atoms with Crippen LogP contribution in [0.1, 0.15) is 30.7 Å². The van der Waals surface area contributed by atoms with Gasteiger partial charge < -0.3 is 5.73 Å². The standard InChI is InChI=1S/C15H20N2/c1-4-12-6-5-7-14-13(8-10(2)16)9-11(3)17-15(12)14/h5-7,9-10H,4,8,16H2,1-3H3. The lowest BCUT2D eigenvalue weighted by molar-refractivity contribution is 0.740. The number of pyridine rings is 1. The Balaban J connectivity index is 2.67. The first-order valence-electron chi connectivity index (χ1n) is 6.25. The Kier molecular flexibility index (Phi) is 3.43. The number of hydrogen-bond donors (Lipinski definition) is 1. The zero-order chi connectivity index (χ0) is 12.4. The molecule has 0 amide bonds. The van der Waals surface area contributed by atoms with Crippen LogP contribution in [0.15, 0.2) is 24.3 Å². The van der Waals surface area contributed by atoms with Crippen LogP contribution in [0.4, 0.5) is 0 Å². The van der Waals surface area contributed by atoms with E-state index < -0.39 is 0 Å². The van der Waals surface area contributed by atoms with Crippen LogP contribution in [-0.2, 0) is 12.8 Å². The third kappa shape index (κ3) is 2.47. The van der Waals surface area contributed by atoms with Gasteiger partial charge in [-0.1, -0.05) is 25.1 Å². The van der Waals surface area contributed by atoms with Crippen LogP contribution in [0.3, 0.4) is 0 Å². The minimum Gasteiger partial charge on any atom is -0.328 e. The van der Waals surface area contributed by atoms with Crippen molar-refractivity contribution < 1.29 is 0 Å². The number of benzene rings is 1. The van der Waals surface area contributed by atoms with Crippen LogP contribution < -0.4 is 5.73 Å². The molecule has 0 saturated carbocycles. The summed E-state index contributed by atoms with van der Waals surface area (Å²) >= 11 is 0. The highest BCUT2D eigenvalue weighted by Gasteiger charge is 2.08. The Hall–Kier alpha value is -1.41. The van der Waals surface area contributed by atoms with Crippen LogP contribution in [0.2, 0.25) is 0 Å². The summed E-state index contributed by atoms with van der Waals surface area (Å²) in [7, 11) is 0. The van der Waals surface area contributed by atoms with E-state index in [1.165, 1.54) is 16.5 Å². The highest BCUT2D eigenvalue weighted by molar-refractivity contribution is 5.85. The zero-order valence-corrected chi connectivity index (χ0v) is 10.8. The second-order valence-corrected chi connectivity index (χ2v) is 4.77. The molecule has 0 radical (unpaired) electrons. The molecular weight excluding hydrogens is 208 g/mol. The second kappa shape index (κ2) is 4.84. The minimum atomic E-state index is 0.185. The van der Waals surface area contributed by atoms with Crippen molar-refractivity contribution in [3.05, 3.63) is 41.1 Å². The lowest BCUT2D eigenvalue weighted by Gasteiger charge is -2.12. The molecule has 2 heteroatoms. The van der Waals surface area contributed by atoms with Crippen molar-refractivity contribution in [2.75, 3.05) is 0 Å². The van der Waals surface area contributed by atoms with Crippen molar-refractivity contribution in [1.82, 2.24) is 4.98 Å². The summed E-state index contributed by atoms with van der Waals surface area (Å²) in [6.07, 6.45) is 1.93.